The number of hydrogen-bond acceptors (Lipinski definition) is 3. The number of carbonyl (C=O) groups excluding carboxylic acids is 1. The second-order valence-electron chi connectivity index (χ2n) is 4.74. The molecule has 2 amide bonds. The molecule has 0 saturated heterocycles. The molecule has 0 spiro atoms. The van der Waals surface area contributed by atoms with Crippen LogP contribution in [0.2, 0.25) is 0 Å². The molecule has 0 aliphatic rings. The van der Waals surface area contributed by atoms with Crippen molar-refractivity contribution in [1.82, 2.24) is 10.2 Å². The van der Waals surface area contributed by atoms with Gasteiger partial charge in [0.2, 0.25) is 0 Å². The van der Waals surface area contributed by atoms with E-state index in [4.69, 9.17) is 5.11 Å². The normalized spacial score (nSPS) is 12.3. The molecule has 0 radical (unpaired) electrons. The highest BCUT2D eigenvalue weighted by atomic mass is 32.2. The summed E-state index contributed by atoms with van der Waals surface area (Å²) in [6, 6.07) is -1.12. The molecule has 1 atom stereocenters. The Labute approximate surface area is 113 Å². The van der Waals surface area contributed by atoms with Gasteiger partial charge in [0.15, 0.2) is 0 Å². The average Bonchev–Trinajstić information content (AvgIpc) is 2.27. The van der Waals surface area contributed by atoms with E-state index in [0.29, 0.717) is 13.0 Å². The van der Waals surface area contributed by atoms with Crippen LogP contribution < -0.4 is 5.32 Å². The number of carbonyl (C=O) groups is 2. The largest absolute Gasteiger partial charge is 0.480 e. The molecule has 0 aromatic rings. The molecule has 6 heteroatoms. The Hall–Kier alpha value is -0.910. The van der Waals surface area contributed by atoms with E-state index < -0.39 is 12.0 Å². The highest BCUT2D eigenvalue weighted by molar-refractivity contribution is 7.98. The summed E-state index contributed by atoms with van der Waals surface area (Å²) in [6.07, 6.45) is 3.37. The Morgan fingerprint density at radius 1 is 1.39 bits per heavy atom. The number of amides is 2. The summed E-state index contributed by atoms with van der Waals surface area (Å²) in [7, 11) is 1.68. The quantitative estimate of drug-likeness (QED) is 0.664. The van der Waals surface area contributed by atoms with E-state index in [1.807, 2.05) is 20.1 Å². The van der Waals surface area contributed by atoms with E-state index in [2.05, 4.69) is 5.32 Å². The first-order chi connectivity index (χ1) is 8.38. The summed E-state index contributed by atoms with van der Waals surface area (Å²) in [5, 5.41) is 11.6. The van der Waals surface area contributed by atoms with E-state index in [1.165, 1.54) is 4.90 Å². The van der Waals surface area contributed by atoms with Crippen LogP contribution >= 0.6 is 11.8 Å². The third-order valence-electron chi connectivity index (χ3n) is 2.49. The molecule has 0 unspecified atom stereocenters. The predicted molar refractivity (Wildman–Crippen MR) is 75.0 cm³/mol. The molecule has 0 rings (SSSR count). The van der Waals surface area contributed by atoms with Gasteiger partial charge in [0, 0.05) is 13.6 Å². The minimum absolute atomic E-state index is 0.230. The smallest absolute Gasteiger partial charge is 0.326 e. The first kappa shape index (κ1) is 17.1. The minimum atomic E-state index is -0.977. The Morgan fingerprint density at radius 3 is 2.44 bits per heavy atom. The predicted octanol–water partition coefficient (Wildman–Crippen LogP) is 1.88. The number of nitrogens with one attached hydrogen (secondary N) is 1. The van der Waals surface area contributed by atoms with Gasteiger partial charge in [-0.15, -0.1) is 0 Å². The Morgan fingerprint density at radius 2 is 2.00 bits per heavy atom. The summed E-state index contributed by atoms with van der Waals surface area (Å²) in [4.78, 5) is 24.3. The van der Waals surface area contributed by atoms with Crippen molar-refractivity contribution >= 4 is 23.8 Å². The third kappa shape index (κ3) is 7.42. The van der Waals surface area contributed by atoms with Gasteiger partial charge in [-0.25, -0.2) is 9.59 Å². The van der Waals surface area contributed by atoms with Gasteiger partial charge in [-0.1, -0.05) is 13.8 Å². The zero-order chi connectivity index (χ0) is 14.1. The van der Waals surface area contributed by atoms with Crippen LogP contribution in [-0.4, -0.2) is 53.6 Å². The second kappa shape index (κ2) is 9.08. The van der Waals surface area contributed by atoms with Crippen molar-refractivity contribution in [2.45, 2.75) is 32.7 Å². The fourth-order valence-corrected chi connectivity index (χ4v) is 1.92. The van der Waals surface area contributed by atoms with Crippen molar-refractivity contribution in [3.63, 3.8) is 0 Å². The van der Waals surface area contributed by atoms with E-state index in [-0.39, 0.29) is 11.9 Å². The van der Waals surface area contributed by atoms with Crippen LogP contribution in [-0.2, 0) is 4.79 Å². The van der Waals surface area contributed by atoms with E-state index >= 15 is 0 Å². The molecule has 0 aromatic carbocycles. The van der Waals surface area contributed by atoms with Gasteiger partial charge in [-0.3, -0.25) is 0 Å². The number of hydrogen-bond donors (Lipinski definition) is 2. The maximum Gasteiger partial charge on any atom is 0.326 e. The minimum Gasteiger partial charge on any atom is -0.480 e. The molecule has 5 nitrogen and oxygen atoms in total. The molecule has 0 bridgehead atoms. The van der Waals surface area contributed by atoms with E-state index in [1.54, 1.807) is 18.8 Å². The lowest BCUT2D eigenvalue weighted by atomic mass is 10.0. The molecule has 0 fully saturated rings. The fourth-order valence-electron chi connectivity index (χ4n) is 1.50. The van der Waals surface area contributed by atoms with Crippen LogP contribution in [0.5, 0.6) is 0 Å². The monoisotopic (exact) mass is 276 g/mol. The molecule has 2 N–H and O–H groups in total. The third-order valence-corrected chi connectivity index (χ3v) is 3.19. The van der Waals surface area contributed by atoms with Crippen molar-refractivity contribution < 1.29 is 14.7 Å². The first-order valence-electron chi connectivity index (χ1n) is 6.11. The maximum absolute atomic E-state index is 11.8. The SMILES string of the molecule is CSCCCN(C)C(=O)N[C@@H](CC(C)C)C(=O)O. The van der Waals surface area contributed by atoms with Gasteiger partial charge in [0.05, 0.1) is 0 Å². The lowest BCUT2D eigenvalue weighted by Crippen LogP contribution is -2.47. The molecule has 0 aliphatic carbocycles. The van der Waals surface area contributed by atoms with Gasteiger partial charge in [0.1, 0.15) is 6.04 Å². The van der Waals surface area contributed by atoms with Gasteiger partial charge < -0.3 is 15.3 Å². The molecular weight excluding hydrogens is 252 g/mol. The summed E-state index contributed by atoms with van der Waals surface area (Å²) in [5.41, 5.74) is 0. The van der Waals surface area contributed by atoms with Crippen molar-refractivity contribution in [3.8, 4) is 0 Å². The lowest BCUT2D eigenvalue weighted by Gasteiger charge is -2.22. The van der Waals surface area contributed by atoms with Crippen LogP contribution in [0, 0.1) is 5.92 Å². The number of thioether (sulfide) groups is 1. The number of urea groups is 1. The first-order valence-corrected chi connectivity index (χ1v) is 7.51. The summed E-state index contributed by atoms with van der Waals surface area (Å²) in [5.74, 6) is 0.245. The Balaban J connectivity index is 4.19. The van der Waals surface area contributed by atoms with Crippen molar-refractivity contribution in [3.05, 3.63) is 0 Å². The Bertz CT molecular complexity index is 272. The van der Waals surface area contributed by atoms with Crippen LogP contribution in [0.25, 0.3) is 0 Å². The molecule has 18 heavy (non-hydrogen) atoms. The zero-order valence-corrected chi connectivity index (χ0v) is 12.4. The highest BCUT2D eigenvalue weighted by Crippen LogP contribution is 2.06. The average molecular weight is 276 g/mol. The van der Waals surface area contributed by atoms with Gasteiger partial charge in [-0.05, 0) is 30.8 Å². The van der Waals surface area contributed by atoms with Gasteiger partial charge in [-0.2, -0.15) is 11.8 Å². The number of rotatable bonds is 8. The summed E-state index contributed by atoms with van der Waals surface area (Å²) < 4.78 is 0. The maximum atomic E-state index is 11.8. The molecular formula is C12H24N2O3S. The second-order valence-corrected chi connectivity index (χ2v) is 5.72. The molecule has 0 saturated carbocycles. The van der Waals surface area contributed by atoms with Gasteiger partial charge >= 0.3 is 12.0 Å². The molecule has 0 aromatic heterocycles. The number of nitrogens with zero attached hydrogens (tertiary/aromatic N) is 1. The van der Waals surface area contributed by atoms with E-state index in [9.17, 15) is 9.59 Å². The topological polar surface area (TPSA) is 69.6 Å². The summed E-state index contributed by atoms with van der Waals surface area (Å²) in [6.45, 7) is 4.51. The van der Waals surface area contributed by atoms with Crippen molar-refractivity contribution in [1.29, 1.82) is 0 Å². The fraction of sp³-hybridized carbons (Fsp3) is 0.833. The standard InChI is InChI=1S/C12H24N2O3S/c1-9(2)8-10(11(15)16)13-12(17)14(3)6-5-7-18-4/h9-10H,5-8H2,1-4H3,(H,13,17)(H,15,16)/t10-/m0/s1. The summed E-state index contributed by atoms with van der Waals surface area (Å²) >= 11 is 1.73. The van der Waals surface area contributed by atoms with Gasteiger partial charge in [0.25, 0.3) is 0 Å². The van der Waals surface area contributed by atoms with Crippen molar-refractivity contribution in [2.24, 2.45) is 5.92 Å². The van der Waals surface area contributed by atoms with E-state index in [0.717, 1.165) is 12.2 Å². The zero-order valence-electron chi connectivity index (χ0n) is 11.6. The van der Waals surface area contributed by atoms with Crippen LogP contribution in [0.4, 0.5) is 4.79 Å². The Kier molecular flexibility index (Phi) is 8.62. The van der Waals surface area contributed by atoms with Crippen LogP contribution in [0.3, 0.4) is 0 Å². The lowest BCUT2D eigenvalue weighted by molar-refractivity contribution is -0.139. The number of carboxylic acids is 1. The highest BCUT2D eigenvalue weighted by Gasteiger charge is 2.22. The van der Waals surface area contributed by atoms with Crippen LogP contribution in [0.15, 0.2) is 0 Å². The number of carboxylic acid groups (broad SMARTS) is 1. The molecule has 0 aliphatic heterocycles. The molecule has 0 heterocycles. The van der Waals surface area contributed by atoms with Crippen molar-refractivity contribution in [2.75, 3.05) is 25.6 Å². The molecule has 106 valence electrons. The number of aliphatic carboxylic acids is 1. The van der Waals surface area contributed by atoms with Crippen LogP contribution in [0.1, 0.15) is 26.7 Å².